The van der Waals surface area contributed by atoms with Crippen molar-refractivity contribution in [3.63, 3.8) is 0 Å². The Morgan fingerprint density at radius 1 is 1.52 bits per heavy atom. The van der Waals surface area contributed by atoms with Gasteiger partial charge in [-0.3, -0.25) is 9.59 Å². The van der Waals surface area contributed by atoms with E-state index in [1.54, 1.807) is 12.1 Å². The summed E-state index contributed by atoms with van der Waals surface area (Å²) in [5.74, 6) is 0.140. The number of hydrogen-bond acceptors (Lipinski definition) is 8. The molecule has 0 aliphatic heterocycles. The van der Waals surface area contributed by atoms with E-state index in [4.69, 9.17) is 4.42 Å². The number of esters is 1. The van der Waals surface area contributed by atoms with Crippen LogP contribution in [0.1, 0.15) is 5.76 Å². The maximum absolute atomic E-state index is 11.7. The third-order valence-electron chi connectivity index (χ3n) is 2.38. The van der Waals surface area contributed by atoms with Gasteiger partial charge in [0, 0.05) is 0 Å². The minimum atomic E-state index is -0.466. The summed E-state index contributed by atoms with van der Waals surface area (Å²) in [5.41, 5.74) is 0. The average molecular weight is 311 g/mol. The first-order valence-electron chi connectivity index (χ1n) is 5.94. The van der Waals surface area contributed by atoms with Crippen LogP contribution >= 0.6 is 11.8 Å². The molecule has 9 nitrogen and oxygen atoms in total. The molecule has 2 aromatic rings. The van der Waals surface area contributed by atoms with Crippen LogP contribution in [-0.2, 0) is 27.4 Å². The molecule has 1 N–H and O–H groups in total. The second kappa shape index (κ2) is 7.43. The minimum Gasteiger partial charge on any atom is -0.468 e. The van der Waals surface area contributed by atoms with Gasteiger partial charge >= 0.3 is 5.97 Å². The lowest BCUT2D eigenvalue weighted by atomic mass is 10.4. The van der Waals surface area contributed by atoms with E-state index >= 15 is 0 Å². The van der Waals surface area contributed by atoms with Crippen molar-refractivity contribution >= 4 is 23.6 Å². The predicted molar refractivity (Wildman–Crippen MR) is 71.1 cm³/mol. The van der Waals surface area contributed by atoms with E-state index in [9.17, 15) is 9.59 Å². The zero-order chi connectivity index (χ0) is 15.1. The van der Waals surface area contributed by atoms with Crippen LogP contribution in [-0.4, -0.2) is 44.9 Å². The average Bonchev–Trinajstić information content (AvgIpc) is 3.14. The van der Waals surface area contributed by atoms with Gasteiger partial charge in [0.2, 0.25) is 11.1 Å². The quantitative estimate of drug-likeness (QED) is 0.555. The Balaban J connectivity index is 1.78. The van der Waals surface area contributed by atoms with Gasteiger partial charge in [-0.2, -0.15) is 0 Å². The molecule has 0 aliphatic rings. The second-order valence-electron chi connectivity index (χ2n) is 3.84. The Kier molecular flexibility index (Phi) is 5.32. The molecule has 0 aliphatic carbocycles. The number of nitrogens with zero attached hydrogens (tertiary/aromatic N) is 4. The molecule has 0 saturated carbocycles. The topological polar surface area (TPSA) is 112 Å². The summed E-state index contributed by atoms with van der Waals surface area (Å²) in [4.78, 5) is 22.8. The number of thioether (sulfide) groups is 1. The van der Waals surface area contributed by atoms with Crippen LogP contribution in [0.4, 0.5) is 0 Å². The number of hydrogen-bond donors (Lipinski definition) is 1. The lowest BCUT2D eigenvalue weighted by Gasteiger charge is -2.04. The van der Waals surface area contributed by atoms with Crippen molar-refractivity contribution in [1.29, 1.82) is 0 Å². The first-order valence-corrected chi connectivity index (χ1v) is 6.92. The number of aromatic nitrogens is 4. The highest BCUT2D eigenvalue weighted by atomic mass is 32.2. The molecule has 0 aromatic carbocycles. The van der Waals surface area contributed by atoms with E-state index < -0.39 is 5.97 Å². The zero-order valence-electron chi connectivity index (χ0n) is 11.2. The molecule has 10 heteroatoms. The summed E-state index contributed by atoms with van der Waals surface area (Å²) >= 11 is 1.13. The fraction of sp³-hybridized carbons (Fsp3) is 0.364. The lowest BCUT2D eigenvalue weighted by molar-refractivity contribution is -0.141. The molecule has 2 rings (SSSR count). The Morgan fingerprint density at radius 2 is 2.38 bits per heavy atom. The molecule has 0 bridgehead atoms. The smallest absolute Gasteiger partial charge is 0.327 e. The van der Waals surface area contributed by atoms with Crippen LogP contribution in [0.2, 0.25) is 0 Å². The molecule has 0 unspecified atom stereocenters. The normalized spacial score (nSPS) is 10.3. The molecule has 0 spiro atoms. The summed E-state index contributed by atoms with van der Waals surface area (Å²) in [6, 6.07) is 3.52. The van der Waals surface area contributed by atoms with Gasteiger partial charge in [0.25, 0.3) is 0 Å². The standard InChI is InChI=1S/C11H13N5O4S/c1-19-10(18)6-16-11(13-14-15-16)21-7-9(17)12-5-8-3-2-4-20-8/h2-4H,5-7H2,1H3,(H,12,17). The highest BCUT2D eigenvalue weighted by molar-refractivity contribution is 7.99. The van der Waals surface area contributed by atoms with Gasteiger partial charge in [-0.25, -0.2) is 4.68 Å². The van der Waals surface area contributed by atoms with Crippen molar-refractivity contribution in [2.75, 3.05) is 12.9 Å². The molecule has 1 amide bonds. The summed E-state index contributed by atoms with van der Waals surface area (Å²) in [6.07, 6.45) is 1.54. The number of carbonyl (C=O) groups is 2. The van der Waals surface area contributed by atoms with Crippen molar-refractivity contribution in [2.45, 2.75) is 18.2 Å². The van der Waals surface area contributed by atoms with Gasteiger partial charge in [-0.15, -0.1) is 5.10 Å². The Bertz CT molecular complexity index is 598. The van der Waals surface area contributed by atoms with Crippen LogP contribution in [0.25, 0.3) is 0 Å². The van der Waals surface area contributed by atoms with E-state index in [0.29, 0.717) is 17.5 Å². The number of amides is 1. The highest BCUT2D eigenvalue weighted by Gasteiger charge is 2.13. The van der Waals surface area contributed by atoms with Crippen LogP contribution in [0, 0.1) is 0 Å². The summed E-state index contributed by atoms with van der Waals surface area (Å²) < 4.78 is 10.9. The molecule has 21 heavy (non-hydrogen) atoms. The van der Waals surface area contributed by atoms with Crippen molar-refractivity contribution in [3.8, 4) is 0 Å². The van der Waals surface area contributed by atoms with E-state index in [1.165, 1.54) is 18.1 Å². The van der Waals surface area contributed by atoms with Gasteiger partial charge in [-0.05, 0) is 22.6 Å². The van der Waals surface area contributed by atoms with E-state index in [2.05, 4.69) is 25.6 Å². The van der Waals surface area contributed by atoms with Gasteiger partial charge in [0.1, 0.15) is 12.3 Å². The van der Waals surface area contributed by atoms with Gasteiger partial charge < -0.3 is 14.5 Å². The third kappa shape index (κ3) is 4.60. The first-order chi connectivity index (χ1) is 10.2. The molecular formula is C11H13N5O4S. The van der Waals surface area contributed by atoms with Crippen molar-refractivity contribution in [3.05, 3.63) is 24.2 Å². The van der Waals surface area contributed by atoms with E-state index in [0.717, 1.165) is 11.8 Å². The predicted octanol–water partition coefficient (Wildman–Crippen LogP) is -0.152. The number of furan rings is 1. The molecule has 0 radical (unpaired) electrons. The fourth-order valence-corrected chi connectivity index (χ4v) is 2.07. The molecule has 112 valence electrons. The largest absolute Gasteiger partial charge is 0.468 e. The maximum Gasteiger partial charge on any atom is 0.327 e. The summed E-state index contributed by atoms with van der Waals surface area (Å²) in [5, 5.41) is 13.9. The number of methoxy groups -OCH3 is 1. The number of carbonyl (C=O) groups excluding carboxylic acids is 2. The van der Waals surface area contributed by atoms with E-state index in [-0.39, 0.29) is 18.2 Å². The molecular weight excluding hydrogens is 298 g/mol. The Morgan fingerprint density at radius 3 is 3.10 bits per heavy atom. The van der Waals surface area contributed by atoms with Gasteiger partial charge in [-0.1, -0.05) is 11.8 Å². The third-order valence-corrected chi connectivity index (χ3v) is 3.33. The number of tetrazole rings is 1. The van der Waals surface area contributed by atoms with Crippen LogP contribution in [0.3, 0.4) is 0 Å². The SMILES string of the molecule is COC(=O)Cn1nnnc1SCC(=O)NCc1ccco1. The maximum atomic E-state index is 11.7. The fourth-order valence-electron chi connectivity index (χ4n) is 1.37. The minimum absolute atomic E-state index is 0.0974. The van der Waals surface area contributed by atoms with Crippen molar-refractivity contribution in [1.82, 2.24) is 25.5 Å². The van der Waals surface area contributed by atoms with Crippen LogP contribution in [0.15, 0.2) is 28.0 Å². The van der Waals surface area contributed by atoms with Crippen LogP contribution in [0.5, 0.6) is 0 Å². The number of rotatable bonds is 7. The number of nitrogens with one attached hydrogen (secondary N) is 1. The Labute approximate surface area is 124 Å². The lowest BCUT2D eigenvalue weighted by Crippen LogP contribution is -2.24. The molecule has 0 fully saturated rings. The molecule has 0 saturated heterocycles. The summed E-state index contributed by atoms with van der Waals surface area (Å²) in [6.45, 7) is 0.222. The monoisotopic (exact) mass is 311 g/mol. The molecule has 0 atom stereocenters. The summed E-state index contributed by atoms with van der Waals surface area (Å²) in [7, 11) is 1.28. The first kappa shape index (κ1) is 15.0. The van der Waals surface area contributed by atoms with Crippen molar-refractivity contribution < 1.29 is 18.7 Å². The second-order valence-corrected chi connectivity index (χ2v) is 4.78. The zero-order valence-corrected chi connectivity index (χ0v) is 12.0. The number of ether oxygens (including phenoxy) is 1. The van der Waals surface area contributed by atoms with Crippen LogP contribution < -0.4 is 5.32 Å². The Hall–Kier alpha value is -2.36. The van der Waals surface area contributed by atoms with E-state index in [1.807, 2.05) is 0 Å². The van der Waals surface area contributed by atoms with Gasteiger partial charge in [0.15, 0.2) is 0 Å². The highest BCUT2D eigenvalue weighted by Crippen LogP contribution is 2.13. The van der Waals surface area contributed by atoms with Crippen molar-refractivity contribution in [2.24, 2.45) is 0 Å². The molecule has 2 heterocycles. The molecule has 2 aromatic heterocycles. The van der Waals surface area contributed by atoms with Gasteiger partial charge in [0.05, 0.1) is 25.7 Å².